The number of pyridine rings is 1. The van der Waals surface area contributed by atoms with Crippen LogP contribution in [0.4, 0.5) is 0 Å². The standard InChI is InChI=1S/C18H15N5O2/c19-16(20)14-6-5-10-7-15(18(24)25)23(17(10)22-14)9-11-8-21-13-4-2-1-3-12(11)13/h1-8,21H,9H2,(H3,19,20)(H,24,25). The number of nitrogens with one attached hydrogen (secondary N) is 2. The molecular formula is C18H15N5O2. The number of H-pyrrole nitrogens is 1. The zero-order valence-corrected chi connectivity index (χ0v) is 13.2. The Morgan fingerprint density at radius 3 is 2.84 bits per heavy atom. The maximum absolute atomic E-state index is 11.7. The zero-order chi connectivity index (χ0) is 17.6. The minimum Gasteiger partial charge on any atom is -0.477 e. The average Bonchev–Trinajstić information content (AvgIpc) is 3.17. The lowest BCUT2D eigenvalue weighted by atomic mass is 10.2. The first kappa shape index (κ1) is 14.9. The number of aromatic amines is 1. The maximum atomic E-state index is 11.7. The van der Waals surface area contributed by atoms with Crippen LogP contribution in [-0.4, -0.2) is 31.4 Å². The van der Waals surface area contributed by atoms with Gasteiger partial charge in [-0.25, -0.2) is 9.78 Å². The summed E-state index contributed by atoms with van der Waals surface area (Å²) in [6.07, 6.45) is 1.87. The van der Waals surface area contributed by atoms with Crippen LogP contribution < -0.4 is 5.73 Å². The first-order chi connectivity index (χ1) is 12.0. The number of hydrogen-bond donors (Lipinski definition) is 4. The minimum absolute atomic E-state index is 0.147. The third-order valence-corrected chi connectivity index (χ3v) is 4.24. The summed E-state index contributed by atoms with van der Waals surface area (Å²) >= 11 is 0. The van der Waals surface area contributed by atoms with Crippen molar-refractivity contribution >= 4 is 33.7 Å². The number of fused-ring (bicyclic) bond motifs is 2. The number of nitrogens with zero attached hydrogens (tertiary/aromatic N) is 2. The van der Waals surface area contributed by atoms with Crippen LogP contribution >= 0.6 is 0 Å². The Morgan fingerprint density at radius 2 is 2.08 bits per heavy atom. The van der Waals surface area contributed by atoms with Gasteiger partial charge in [0.1, 0.15) is 22.9 Å². The van der Waals surface area contributed by atoms with E-state index in [4.69, 9.17) is 11.1 Å². The lowest BCUT2D eigenvalue weighted by molar-refractivity contribution is 0.0686. The SMILES string of the molecule is N=C(N)c1ccc2cc(C(=O)O)n(Cc3c[nH]c4ccccc34)c2n1. The third-order valence-electron chi connectivity index (χ3n) is 4.24. The molecule has 3 heterocycles. The van der Waals surface area contributed by atoms with E-state index in [1.807, 2.05) is 30.5 Å². The number of nitrogen functional groups attached to an aromatic ring is 1. The van der Waals surface area contributed by atoms with E-state index in [2.05, 4.69) is 9.97 Å². The van der Waals surface area contributed by atoms with Gasteiger partial charge in [0.15, 0.2) is 0 Å². The van der Waals surface area contributed by atoms with Gasteiger partial charge in [0.2, 0.25) is 0 Å². The molecule has 0 saturated heterocycles. The molecule has 0 radical (unpaired) electrons. The van der Waals surface area contributed by atoms with Crippen molar-refractivity contribution in [3.63, 3.8) is 0 Å². The van der Waals surface area contributed by atoms with E-state index in [0.717, 1.165) is 16.5 Å². The van der Waals surface area contributed by atoms with Crippen LogP contribution in [0.3, 0.4) is 0 Å². The molecule has 0 saturated carbocycles. The summed E-state index contributed by atoms with van der Waals surface area (Å²) in [7, 11) is 0. The summed E-state index contributed by atoms with van der Waals surface area (Å²) in [5.41, 5.74) is 8.44. The number of amidine groups is 1. The van der Waals surface area contributed by atoms with Gasteiger partial charge in [-0.1, -0.05) is 18.2 Å². The van der Waals surface area contributed by atoms with Crippen LogP contribution in [0.2, 0.25) is 0 Å². The topological polar surface area (TPSA) is 121 Å². The molecule has 0 amide bonds. The first-order valence-electron chi connectivity index (χ1n) is 7.67. The van der Waals surface area contributed by atoms with Gasteiger partial charge in [-0.05, 0) is 29.8 Å². The second-order valence-corrected chi connectivity index (χ2v) is 5.80. The number of benzene rings is 1. The van der Waals surface area contributed by atoms with Gasteiger partial charge < -0.3 is 20.4 Å². The van der Waals surface area contributed by atoms with E-state index in [9.17, 15) is 9.90 Å². The molecule has 0 unspecified atom stereocenters. The lowest BCUT2D eigenvalue weighted by Gasteiger charge is -2.08. The molecule has 4 aromatic rings. The summed E-state index contributed by atoms with van der Waals surface area (Å²) < 4.78 is 1.64. The number of aromatic nitrogens is 3. The Balaban J connectivity index is 1.92. The van der Waals surface area contributed by atoms with Crippen LogP contribution in [0.25, 0.3) is 21.9 Å². The van der Waals surface area contributed by atoms with E-state index in [1.165, 1.54) is 0 Å². The third kappa shape index (κ3) is 2.42. The molecule has 7 nitrogen and oxygen atoms in total. The van der Waals surface area contributed by atoms with Crippen LogP contribution in [-0.2, 0) is 6.54 Å². The van der Waals surface area contributed by atoms with Crippen LogP contribution in [0.15, 0.2) is 48.7 Å². The number of rotatable bonds is 4. The van der Waals surface area contributed by atoms with Gasteiger partial charge in [-0.2, -0.15) is 0 Å². The summed E-state index contributed by atoms with van der Waals surface area (Å²) in [6.45, 7) is 0.351. The summed E-state index contributed by atoms with van der Waals surface area (Å²) in [6, 6.07) is 12.8. The zero-order valence-electron chi connectivity index (χ0n) is 13.2. The van der Waals surface area contributed by atoms with Gasteiger partial charge >= 0.3 is 5.97 Å². The Kier molecular flexibility index (Phi) is 3.28. The summed E-state index contributed by atoms with van der Waals surface area (Å²) in [5.74, 6) is -1.18. The molecule has 1 aromatic carbocycles. The highest BCUT2D eigenvalue weighted by Crippen LogP contribution is 2.24. The molecule has 0 spiro atoms. The average molecular weight is 333 g/mol. The van der Waals surface area contributed by atoms with Gasteiger partial charge in [0, 0.05) is 22.5 Å². The predicted octanol–water partition coefficient (Wildman–Crippen LogP) is 2.55. The number of carboxylic acids is 1. The predicted molar refractivity (Wildman–Crippen MR) is 95.1 cm³/mol. The second kappa shape index (κ2) is 5.48. The fraction of sp³-hybridized carbons (Fsp3) is 0.0556. The van der Waals surface area contributed by atoms with Crippen molar-refractivity contribution in [2.45, 2.75) is 6.54 Å². The number of para-hydroxylation sites is 1. The van der Waals surface area contributed by atoms with Gasteiger partial charge in [0.25, 0.3) is 0 Å². The molecule has 3 aromatic heterocycles. The second-order valence-electron chi connectivity index (χ2n) is 5.80. The quantitative estimate of drug-likeness (QED) is 0.339. The molecule has 25 heavy (non-hydrogen) atoms. The fourth-order valence-electron chi connectivity index (χ4n) is 3.05. The van der Waals surface area contributed by atoms with Crippen LogP contribution in [0, 0.1) is 5.41 Å². The van der Waals surface area contributed by atoms with Crippen LogP contribution in [0.5, 0.6) is 0 Å². The number of carboxylic acid groups (broad SMARTS) is 1. The van der Waals surface area contributed by atoms with Crippen molar-refractivity contribution in [1.29, 1.82) is 5.41 Å². The van der Waals surface area contributed by atoms with Gasteiger partial charge in [-0.3, -0.25) is 5.41 Å². The molecule has 7 heteroatoms. The van der Waals surface area contributed by atoms with Crippen LogP contribution in [0.1, 0.15) is 21.7 Å². The molecule has 0 bridgehead atoms. The first-order valence-corrected chi connectivity index (χ1v) is 7.67. The number of hydrogen-bond acceptors (Lipinski definition) is 3. The highest BCUT2D eigenvalue weighted by molar-refractivity contribution is 5.97. The molecule has 0 fully saturated rings. The Hall–Kier alpha value is -3.61. The Morgan fingerprint density at radius 1 is 1.28 bits per heavy atom. The summed E-state index contributed by atoms with van der Waals surface area (Å²) in [5, 5.41) is 18.9. The fourth-order valence-corrected chi connectivity index (χ4v) is 3.05. The van der Waals surface area contributed by atoms with E-state index in [-0.39, 0.29) is 11.5 Å². The smallest absolute Gasteiger partial charge is 0.352 e. The molecule has 0 aliphatic carbocycles. The highest BCUT2D eigenvalue weighted by atomic mass is 16.4. The molecule has 124 valence electrons. The molecule has 5 N–H and O–H groups in total. The summed E-state index contributed by atoms with van der Waals surface area (Å²) in [4.78, 5) is 19.2. The Labute approximate surface area is 142 Å². The largest absolute Gasteiger partial charge is 0.477 e. The van der Waals surface area contributed by atoms with E-state index in [0.29, 0.717) is 23.3 Å². The van der Waals surface area contributed by atoms with E-state index in [1.54, 1.807) is 22.8 Å². The lowest BCUT2D eigenvalue weighted by Crippen LogP contribution is -2.14. The number of aromatic carboxylic acids is 1. The monoisotopic (exact) mass is 333 g/mol. The van der Waals surface area contributed by atoms with Crippen molar-refractivity contribution in [3.05, 3.63) is 65.6 Å². The maximum Gasteiger partial charge on any atom is 0.352 e. The molecular weight excluding hydrogens is 318 g/mol. The molecule has 4 rings (SSSR count). The molecule has 0 aliphatic rings. The van der Waals surface area contributed by atoms with E-state index < -0.39 is 5.97 Å². The minimum atomic E-state index is -1.03. The molecule has 0 atom stereocenters. The number of carbonyl (C=O) groups is 1. The molecule has 0 aliphatic heterocycles. The van der Waals surface area contributed by atoms with Crippen molar-refractivity contribution in [3.8, 4) is 0 Å². The van der Waals surface area contributed by atoms with Gasteiger partial charge in [0.05, 0.1) is 6.54 Å². The number of nitrogens with two attached hydrogens (primary N) is 1. The normalized spacial score (nSPS) is 11.2. The van der Waals surface area contributed by atoms with E-state index >= 15 is 0 Å². The van der Waals surface area contributed by atoms with Crippen molar-refractivity contribution in [1.82, 2.24) is 14.5 Å². The van der Waals surface area contributed by atoms with Crippen molar-refractivity contribution in [2.24, 2.45) is 5.73 Å². The van der Waals surface area contributed by atoms with Crippen molar-refractivity contribution < 1.29 is 9.90 Å². The highest BCUT2D eigenvalue weighted by Gasteiger charge is 2.18. The van der Waals surface area contributed by atoms with Gasteiger partial charge in [-0.15, -0.1) is 0 Å². The Bertz CT molecular complexity index is 1140. The van der Waals surface area contributed by atoms with Crippen molar-refractivity contribution in [2.75, 3.05) is 0 Å².